The van der Waals surface area contributed by atoms with Crippen molar-refractivity contribution in [2.24, 2.45) is 0 Å². The zero-order valence-corrected chi connectivity index (χ0v) is 23.1. The largest absolute Gasteiger partial charge is 0.331 e. The molecule has 0 saturated carbocycles. The van der Waals surface area contributed by atoms with Crippen LogP contribution in [-0.2, 0) is 10.0 Å². The van der Waals surface area contributed by atoms with Gasteiger partial charge in [0.15, 0.2) is 5.11 Å². The van der Waals surface area contributed by atoms with Crippen molar-refractivity contribution in [3.05, 3.63) is 88.4 Å². The van der Waals surface area contributed by atoms with Gasteiger partial charge < -0.3 is 5.32 Å². The molecule has 1 aromatic heterocycles. The van der Waals surface area contributed by atoms with Crippen LogP contribution in [0.25, 0.3) is 22.2 Å². The van der Waals surface area contributed by atoms with Crippen molar-refractivity contribution in [3.8, 4) is 11.3 Å². The Morgan fingerprint density at radius 1 is 0.921 bits per heavy atom. The maximum atomic E-state index is 13.4. The summed E-state index contributed by atoms with van der Waals surface area (Å²) in [6.07, 6.45) is 1.66. The van der Waals surface area contributed by atoms with Crippen LogP contribution in [0.3, 0.4) is 0 Å². The fraction of sp³-hybridized carbons (Fsp3) is 0.148. The molecule has 1 saturated heterocycles. The molecule has 0 spiro atoms. The Morgan fingerprint density at radius 3 is 2.39 bits per heavy atom. The fourth-order valence-corrected chi connectivity index (χ4v) is 6.48. The molecular formula is C27H22Cl2N4O3S2. The molecule has 1 aliphatic heterocycles. The van der Waals surface area contributed by atoms with Crippen LogP contribution in [0.2, 0.25) is 10.0 Å². The van der Waals surface area contributed by atoms with E-state index in [0.29, 0.717) is 45.8 Å². The number of amides is 1. The molecule has 0 unspecified atom stereocenters. The SMILES string of the molecule is O=C(NC(=S)Nc1cc(S(=O)(=O)N2CCCC2)ccc1Cl)c1cc(-c2ccccc2Cl)nc2ccccc12. The molecule has 1 aliphatic rings. The van der Waals surface area contributed by atoms with Gasteiger partial charge in [-0.2, -0.15) is 4.31 Å². The summed E-state index contributed by atoms with van der Waals surface area (Å²) in [6.45, 7) is 0.969. The number of pyridine rings is 1. The van der Waals surface area contributed by atoms with Gasteiger partial charge in [-0.15, -0.1) is 0 Å². The molecule has 5 rings (SSSR count). The van der Waals surface area contributed by atoms with Gasteiger partial charge in [-0.25, -0.2) is 13.4 Å². The van der Waals surface area contributed by atoms with Crippen LogP contribution in [-0.4, -0.2) is 41.8 Å². The zero-order chi connectivity index (χ0) is 26.9. The number of rotatable bonds is 5. The smallest absolute Gasteiger partial charge is 0.258 e. The summed E-state index contributed by atoms with van der Waals surface area (Å²) < 4.78 is 27.4. The molecule has 1 fully saturated rings. The lowest BCUT2D eigenvalue weighted by molar-refractivity contribution is 0.0979. The van der Waals surface area contributed by atoms with E-state index in [2.05, 4.69) is 15.6 Å². The maximum absolute atomic E-state index is 13.4. The van der Waals surface area contributed by atoms with Crippen LogP contribution in [0.1, 0.15) is 23.2 Å². The van der Waals surface area contributed by atoms with Crippen LogP contribution < -0.4 is 10.6 Å². The Morgan fingerprint density at radius 2 is 1.63 bits per heavy atom. The number of aromatic nitrogens is 1. The highest BCUT2D eigenvalue weighted by Gasteiger charge is 2.28. The van der Waals surface area contributed by atoms with Crippen molar-refractivity contribution in [2.75, 3.05) is 18.4 Å². The van der Waals surface area contributed by atoms with Crippen LogP contribution >= 0.6 is 35.4 Å². The summed E-state index contributed by atoms with van der Waals surface area (Å²) in [5, 5.41) is 6.92. The van der Waals surface area contributed by atoms with E-state index >= 15 is 0 Å². The first-order valence-corrected chi connectivity index (χ1v) is 14.4. The summed E-state index contributed by atoms with van der Waals surface area (Å²) in [5.74, 6) is -0.466. The first kappa shape index (κ1) is 26.5. The van der Waals surface area contributed by atoms with Gasteiger partial charge in [-0.1, -0.05) is 59.6 Å². The van der Waals surface area contributed by atoms with E-state index < -0.39 is 15.9 Å². The van der Waals surface area contributed by atoms with Crippen molar-refractivity contribution in [3.63, 3.8) is 0 Å². The summed E-state index contributed by atoms with van der Waals surface area (Å²) in [7, 11) is -3.65. The van der Waals surface area contributed by atoms with Gasteiger partial charge >= 0.3 is 0 Å². The van der Waals surface area contributed by atoms with Gasteiger partial charge in [0.25, 0.3) is 5.91 Å². The van der Waals surface area contributed by atoms with Crippen LogP contribution in [0.15, 0.2) is 77.7 Å². The zero-order valence-electron chi connectivity index (χ0n) is 19.9. The molecule has 0 bridgehead atoms. The summed E-state index contributed by atoms with van der Waals surface area (Å²) in [4.78, 5) is 18.2. The average molecular weight is 586 g/mol. The quantitative estimate of drug-likeness (QED) is 0.274. The molecule has 4 aromatic rings. The Labute approximate surface area is 235 Å². The van der Waals surface area contributed by atoms with E-state index in [-0.39, 0.29) is 20.7 Å². The third-order valence-electron chi connectivity index (χ3n) is 6.23. The molecular weight excluding hydrogens is 563 g/mol. The number of hydrogen-bond donors (Lipinski definition) is 2. The molecule has 1 amide bonds. The number of sulfonamides is 1. The standard InChI is InChI=1S/C27H22Cl2N4O3S2/c28-21-9-3-1-8-19(21)24-16-20(18-7-2-4-10-23(18)30-24)26(34)32-27(37)31-25-15-17(11-12-22(25)29)38(35,36)33-13-5-6-14-33/h1-4,7-12,15-16H,5-6,13-14H2,(H2,31,32,34,37). The number of para-hydroxylation sites is 1. The maximum Gasteiger partial charge on any atom is 0.258 e. The lowest BCUT2D eigenvalue weighted by Crippen LogP contribution is -2.34. The van der Waals surface area contributed by atoms with Gasteiger partial charge in [0.1, 0.15) is 0 Å². The predicted octanol–water partition coefficient (Wildman–Crippen LogP) is 6.12. The van der Waals surface area contributed by atoms with E-state index in [1.807, 2.05) is 36.4 Å². The minimum absolute atomic E-state index is 0.0344. The van der Waals surface area contributed by atoms with Crippen molar-refractivity contribution in [1.82, 2.24) is 14.6 Å². The molecule has 0 atom stereocenters. The van der Waals surface area contributed by atoms with E-state index in [1.54, 1.807) is 18.2 Å². The number of nitrogens with zero attached hydrogens (tertiary/aromatic N) is 2. The number of nitrogens with one attached hydrogen (secondary N) is 2. The highest BCUT2D eigenvalue weighted by molar-refractivity contribution is 7.89. The van der Waals surface area contributed by atoms with E-state index in [4.69, 9.17) is 35.4 Å². The lowest BCUT2D eigenvalue weighted by atomic mass is 10.0. The Bertz CT molecular complexity index is 1670. The van der Waals surface area contributed by atoms with Gasteiger partial charge in [-0.3, -0.25) is 10.1 Å². The van der Waals surface area contributed by atoms with Gasteiger partial charge in [0, 0.05) is 29.1 Å². The van der Waals surface area contributed by atoms with Gasteiger partial charge in [-0.05, 0) is 61.5 Å². The molecule has 7 nitrogen and oxygen atoms in total. The van der Waals surface area contributed by atoms with Gasteiger partial charge in [0.05, 0.1) is 32.4 Å². The minimum atomic E-state index is -3.65. The normalized spacial score (nSPS) is 13.9. The highest BCUT2D eigenvalue weighted by Crippen LogP contribution is 2.31. The van der Waals surface area contributed by atoms with E-state index in [9.17, 15) is 13.2 Å². The number of fused-ring (bicyclic) bond motifs is 1. The number of carbonyl (C=O) groups excluding carboxylic acids is 1. The third kappa shape index (κ3) is 5.39. The van der Waals surface area contributed by atoms with Crippen molar-refractivity contribution < 1.29 is 13.2 Å². The topological polar surface area (TPSA) is 91.4 Å². The highest BCUT2D eigenvalue weighted by atomic mass is 35.5. The molecule has 38 heavy (non-hydrogen) atoms. The van der Waals surface area contributed by atoms with Crippen LogP contribution in [0, 0.1) is 0 Å². The molecule has 11 heteroatoms. The Kier molecular flexibility index (Phi) is 7.65. The number of anilines is 1. The molecule has 3 aromatic carbocycles. The second-order valence-corrected chi connectivity index (χ2v) is 11.9. The molecule has 194 valence electrons. The predicted molar refractivity (Wildman–Crippen MR) is 155 cm³/mol. The summed E-state index contributed by atoms with van der Waals surface area (Å²) in [5.41, 5.74) is 2.48. The van der Waals surface area contributed by atoms with Crippen molar-refractivity contribution in [1.29, 1.82) is 0 Å². The lowest BCUT2D eigenvalue weighted by Gasteiger charge is -2.17. The average Bonchev–Trinajstić information content (AvgIpc) is 3.45. The van der Waals surface area contributed by atoms with E-state index in [0.717, 1.165) is 12.8 Å². The number of hydrogen-bond acceptors (Lipinski definition) is 5. The summed E-state index contributed by atoms with van der Waals surface area (Å²) >= 11 is 18.1. The van der Waals surface area contributed by atoms with Crippen molar-refractivity contribution >= 4 is 73.1 Å². The number of halogens is 2. The molecule has 0 aliphatic carbocycles. The Hall–Kier alpha value is -3.08. The van der Waals surface area contributed by atoms with Crippen molar-refractivity contribution in [2.45, 2.75) is 17.7 Å². The van der Waals surface area contributed by atoms with E-state index in [1.165, 1.54) is 22.5 Å². The van der Waals surface area contributed by atoms with Gasteiger partial charge in [0.2, 0.25) is 10.0 Å². The van der Waals surface area contributed by atoms with Crippen LogP contribution in [0.5, 0.6) is 0 Å². The second-order valence-electron chi connectivity index (χ2n) is 8.71. The number of carbonyl (C=O) groups is 1. The minimum Gasteiger partial charge on any atom is -0.331 e. The second kappa shape index (κ2) is 11.0. The third-order valence-corrected chi connectivity index (χ3v) is 8.98. The first-order valence-electron chi connectivity index (χ1n) is 11.8. The molecule has 0 radical (unpaired) electrons. The monoisotopic (exact) mass is 584 g/mol. The Balaban J connectivity index is 1.41. The number of benzene rings is 3. The first-order chi connectivity index (χ1) is 18.2. The van der Waals surface area contributed by atoms with Crippen LogP contribution in [0.4, 0.5) is 5.69 Å². The molecule has 2 N–H and O–H groups in total. The molecule has 2 heterocycles. The fourth-order valence-electron chi connectivity index (χ4n) is 4.33. The summed E-state index contributed by atoms with van der Waals surface area (Å²) in [6, 6.07) is 20.6. The number of thiocarbonyl (C=S) groups is 1.